The number of aliphatic imine (C=N–C) groups is 1. The Labute approximate surface area is 318 Å². The lowest BCUT2D eigenvalue weighted by atomic mass is 9.99. The first-order valence-electron chi connectivity index (χ1n) is 16.7. The number of aliphatic hydroxyl groups is 1. The van der Waals surface area contributed by atoms with E-state index in [1.54, 1.807) is 27.7 Å². The molecule has 7 amide bonds. The number of rotatable bonds is 25. The topological polar surface area (TPSA) is 366 Å². The highest BCUT2D eigenvalue weighted by Crippen LogP contribution is 2.10. The summed E-state index contributed by atoms with van der Waals surface area (Å²) in [6.45, 7) is 5.76. The Morgan fingerprint density at radius 1 is 0.660 bits per heavy atom. The van der Waals surface area contributed by atoms with Crippen molar-refractivity contribution in [1.82, 2.24) is 31.9 Å². The molecule has 21 nitrogen and oxygen atoms in total. The van der Waals surface area contributed by atoms with Gasteiger partial charge in [0.2, 0.25) is 41.4 Å². The number of hydrogen-bond donors (Lipinski definition) is 14. The van der Waals surface area contributed by atoms with Crippen LogP contribution >= 0.6 is 25.3 Å². The number of guanidine groups is 1. The second kappa shape index (κ2) is 24.8. The first-order valence-corrected chi connectivity index (χ1v) is 17.9. The van der Waals surface area contributed by atoms with Gasteiger partial charge in [-0.25, -0.2) is 0 Å². The number of carboxylic acid groups (broad SMARTS) is 1. The van der Waals surface area contributed by atoms with Gasteiger partial charge in [-0.05, 0) is 31.1 Å². The molecule has 0 aliphatic rings. The predicted molar refractivity (Wildman–Crippen MR) is 200 cm³/mol. The van der Waals surface area contributed by atoms with Gasteiger partial charge in [0.1, 0.15) is 36.3 Å². The Kier molecular flexibility index (Phi) is 22.8. The number of aliphatic hydroxyl groups excluding tert-OH is 1. The molecule has 0 aliphatic heterocycles. The van der Waals surface area contributed by atoms with Crippen molar-refractivity contribution in [2.45, 2.75) is 95.7 Å². The monoisotopic (exact) mass is 793 g/mol. The third-order valence-corrected chi connectivity index (χ3v) is 8.13. The molecule has 7 atom stereocenters. The number of carbonyl (C=O) groups is 8. The van der Waals surface area contributed by atoms with Gasteiger partial charge in [0.25, 0.3) is 0 Å². The van der Waals surface area contributed by atoms with Gasteiger partial charge in [-0.2, -0.15) is 25.3 Å². The van der Waals surface area contributed by atoms with E-state index < -0.39 is 109 Å². The molecular weight excluding hydrogens is 739 g/mol. The molecule has 0 aromatic carbocycles. The van der Waals surface area contributed by atoms with E-state index in [2.05, 4.69) is 62.2 Å². The van der Waals surface area contributed by atoms with Crippen LogP contribution in [0, 0.1) is 11.8 Å². The molecule has 0 saturated heterocycles. The summed E-state index contributed by atoms with van der Waals surface area (Å²) < 4.78 is 0. The zero-order valence-electron chi connectivity index (χ0n) is 30.2. The molecule has 0 unspecified atom stereocenters. The number of carbonyl (C=O) groups excluding carboxylic acids is 7. The molecule has 0 rings (SSSR count). The molecule has 0 aromatic heterocycles. The fraction of sp³-hybridized carbons (Fsp3) is 0.700. The van der Waals surface area contributed by atoms with E-state index in [1.807, 2.05) is 0 Å². The van der Waals surface area contributed by atoms with Crippen molar-refractivity contribution in [2.24, 2.45) is 39.8 Å². The number of nitrogens with one attached hydrogen (secondary N) is 6. The maximum absolute atomic E-state index is 13.4. The minimum atomic E-state index is -1.81. The van der Waals surface area contributed by atoms with Gasteiger partial charge in [-0.1, -0.05) is 27.7 Å². The molecule has 0 fully saturated rings. The van der Waals surface area contributed by atoms with E-state index in [4.69, 9.17) is 22.9 Å². The molecule has 0 bridgehead atoms. The van der Waals surface area contributed by atoms with Gasteiger partial charge in [0.05, 0.1) is 19.1 Å². The lowest BCUT2D eigenvalue weighted by Gasteiger charge is -2.28. The molecule has 16 N–H and O–H groups in total. The largest absolute Gasteiger partial charge is 0.481 e. The van der Waals surface area contributed by atoms with Gasteiger partial charge in [-0.3, -0.25) is 43.3 Å². The van der Waals surface area contributed by atoms with Crippen molar-refractivity contribution in [3.63, 3.8) is 0 Å². The van der Waals surface area contributed by atoms with E-state index in [1.165, 1.54) is 0 Å². The fourth-order valence-electron chi connectivity index (χ4n) is 4.49. The number of hydrogen-bond acceptors (Lipinski definition) is 13. The molecule has 0 aliphatic carbocycles. The van der Waals surface area contributed by atoms with Gasteiger partial charge >= 0.3 is 5.97 Å². The van der Waals surface area contributed by atoms with Crippen molar-refractivity contribution in [3.8, 4) is 0 Å². The summed E-state index contributed by atoms with van der Waals surface area (Å²) in [5, 5.41) is 33.6. The number of nitrogens with zero attached hydrogens (tertiary/aromatic N) is 1. The number of amides is 7. The Morgan fingerprint density at radius 3 is 1.62 bits per heavy atom. The van der Waals surface area contributed by atoms with Gasteiger partial charge in [0.15, 0.2) is 5.96 Å². The summed E-state index contributed by atoms with van der Waals surface area (Å²) in [4.78, 5) is 106. The molecule has 0 spiro atoms. The zero-order valence-corrected chi connectivity index (χ0v) is 32.0. The average molecular weight is 794 g/mol. The van der Waals surface area contributed by atoms with Crippen molar-refractivity contribution >= 4 is 78.5 Å². The molecule has 0 heterocycles. The average Bonchev–Trinajstić information content (AvgIpc) is 3.07. The summed E-state index contributed by atoms with van der Waals surface area (Å²) in [6, 6.07) is -9.55. The van der Waals surface area contributed by atoms with Crippen LogP contribution in [0.2, 0.25) is 0 Å². The SMILES string of the molecule is CC(C)C[C@H](NC(=O)[C@@H](NC(=O)[C@H](CC(=O)O)NC(=O)[C@H](CO)NC(=O)[C@H](CCCN=C(N)N)NC(=O)[C@@H](N)CS)C(C)C)C(=O)N[C@@H](CS)C(N)=O. The number of thiol groups is 2. The van der Waals surface area contributed by atoms with Crippen molar-refractivity contribution in [2.75, 3.05) is 24.7 Å². The summed E-state index contributed by atoms with van der Waals surface area (Å²) in [5.41, 5.74) is 21.6. The third kappa shape index (κ3) is 18.8. The van der Waals surface area contributed by atoms with Crippen LogP contribution in [0.5, 0.6) is 0 Å². The van der Waals surface area contributed by atoms with E-state index in [9.17, 15) is 48.6 Å². The van der Waals surface area contributed by atoms with Crippen LogP contribution in [0.1, 0.15) is 53.4 Å². The Hall–Kier alpha value is -4.35. The second-order valence-corrected chi connectivity index (χ2v) is 13.5. The van der Waals surface area contributed by atoms with E-state index >= 15 is 0 Å². The van der Waals surface area contributed by atoms with Crippen molar-refractivity contribution in [3.05, 3.63) is 0 Å². The molecule has 53 heavy (non-hydrogen) atoms. The Balaban J connectivity index is 6.05. The van der Waals surface area contributed by atoms with Gasteiger partial charge < -0.3 is 65.0 Å². The number of aliphatic carboxylic acids is 1. The van der Waals surface area contributed by atoms with E-state index in [0.717, 1.165) is 0 Å². The second-order valence-electron chi connectivity index (χ2n) is 12.8. The van der Waals surface area contributed by atoms with E-state index in [0.29, 0.717) is 0 Å². The maximum Gasteiger partial charge on any atom is 0.305 e. The highest BCUT2D eigenvalue weighted by molar-refractivity contribution is 7.80. The van der Waals surface area contributed by atoms with Crippen LogP contribution in [-0.4, -0.2) is 130 Å². The smallest absolute Gasteiger partial charge is 0.305 e. The molecule has 0 aromatic rings. The van der Waals surface area contributed by atoms with Crippen LogP contribution in [0.3, 0.4) is 0 Å². The van der Waals surface area contributed by atoms with Gasteiger partial charge in [0, 0.05) is 18.1 Å². The maximum atomic E-state index is 13.4. The number of nitrogens with two attached hydrogens (primary N) is 4. The highest BCUT2D eigenvalue weighted by Gasteiger charge is 2.35. The number of carboxylic acids is 1. The normalized spacial score (nSPS) is 15.0. The molecule has 302 valence electrons. The van der Waals surface area contributed by atoms with Crippen LogP contribution in [0.15, 0.2) is 4.99 Å². The summed E-state index contributed by atoms with van der Waals surface area (Å²) in [7, 11) is 0. The molecule has 23 heteroatoms. The Bertz CT molecular complexity index is 1320. The standard InChI is InChI=1S/C30H55N11O10S2/c1-13(2)8-17(26(48)40-20(12-53)23(32)45)38-29(51)22(14(3)4)41-27(49)18(9-21(43)44)37-28(50)19(10-42)39-25(47)16(6-5-7-35-30(33)34)36-24(46)15(31)11-52/h13-20,22,42,52-53H,5-12,31H2,1-4H3,(H2,32,45)(H,36,46)(H,37,50)(H,38,51)(H,39,47)(H,40,48)(H,41,49)(H,43,44)(H4,33,34,35)/t15-,16-,17-,18-,19-,20-,22-/m0/s1. The minimum absolute atomic E-state index is 0.0310. The summed E-state index contributed by atoms with van der Waals surface area (Å²) >= 11 is 7.96. The summed E-state index contributed by atoms with van der Waals surface area (Å²) in [6.07, 6.45) is -0.683. The van der Waals surface area contributed by atoms with Crippen LogP contribution < -0.4 is 54.8 Å². The van der Waals surface area contributed by atoms with Crippen LogP contribution in [-0.2, 0) is 38.4 Å². The highest BCUT2D eigenvalue weighted by atomic mass is 32.1. The molecule has 0 radical (unpaired) electrons. The first-order chi connectivity index (χ1) is 24.7. The van der Waals surface area contributed by atoms with Crippen molar-refractivity contribution in [1.29, 1.82) is 0 Å². The van der Waals surface area contributed by atoms with Gasteiger partial charge in [-0.15, -0.1) is 0 Å². The predicted octanol–water partition coefficient (Wildman–Crippen LogP) is -5.21. The first kappa shape index (κ1) is 48.6. The van der Waals surface area contributed by atoms with Crippen LogP contribution in [0.25, 0.3) is 0 Å². The van der Waals surface area contributed by atoms with Crippen molar-refractivity contribution < 1.29 is 48.6 Å². The molecule has 0 saturated carbocycles. The zero-order chi connectivity index (χ0) is 41.0. The number of primary amides is 1. The minimum Gasteiger partial charge on any atom is -0.481 e. The third-order valence-electron chi connectivity index (χ3n) is 7.37. The quantitative estimate of drug-likeness (QED) is 0.0178. The fourth-order valence-corrected chi connectivity index (χ4v) is 4.93. The summed E-state index contributed by atoms with van der Waals surface area (Å²) in [5.74, 6) is -8.98. The Morgan fingerprint density at radius 2 is 1.15 bits per heavy atom. The lowest BCUT2D eigenvalue weighted by molar-refractivity contribution is -0.142. The van der Waals surface area contributed by atoms with E-state index in [-0.39, 0.29) is 49.2 Å². The molecular formula is C30H55N11O10S2. The van der Waals surface area contributed by atoms with Crippen LogP contribution in [0.4, 0.5) is 0 Å². The lowest BCUT2D eigenvalue weighted by Crippen LogP contribution is -2.61.